The summed E-state index contributed by atoms with van der Waals surface area (Å²) in [7, 11) is 0. The van der Waals surface area contributed by atoms with E-state index in [2.05, 4.69) is 19.2 Å². The Kier molecular flexibility index (Phi) is 4.74. The van der Waals surface area contributed by atoms with Crippen LogP contribution in [0.3, 0.4) is 0 Å². The van der Waals surface area contributed by atoms with Crippen molar-refractivity contribution >= 4 is 5.91 Å². The van der Waals surface area contributed by atoms with Crippen molar-refractivity contribution in [2.75, 3.05) is 0 Å². The fraction of sp³-hybridized carbons (Fsp3) is 0.917. The smallest absolute Gasteiger partial charge is 0.217 e. The first-order valence-electron chi connectivity index (χ1n) is 6.05. The predicted molar refractivity (Wildman–Crippen MR) is 61.8 cm³/mol. The number of hydrogen-bond acceptors (Lipinski definition) is 3. The molecule has 0 aromatic carbocycles. The summed E-state index contributed by atoms with van der Waals surface area (Å²) in [5, 5.41) is 22.5. The van der Waals surface area contributed by atoms with Gasteiger partial charge in [0.1, 0.15) is 0 Å². The zero-order chi connectivity index (χ0) is 12.3. The Morgan fingerprint density at radius 3 is 2.50 bits per heavy atom. The molecule has 0 aromatic heterocycles. The molecule has 4 nitrogen and oxygen atoms in total. The van der Waals surface area contributed by atoms with Crippen LogP contribution in [-0.4, -0.2) is 34.4 Å². The molecule has 0 aliphatic heterocycles. The van der Waals surface area contributed by atoms with E-state index in [9.17, 15) is 15.0 Å². The topological polar surface area (TPSA) is 69.6 Å². The predicted octanol–water partition coefficient (Wildman–Crippen LogP) is 0.669. The highest BCUT2D eigenvalue weighted by Gasteiger charge is 2.38. The van der Waals surface area contributed by atoms with E-state index >= 15 is 0 Å². The van der Waals surface area contributed by atoms with Crippen molar-refractivity contribution in [2.24, 2.45) is 11.8 Å². The molecule has 1 aliphatic rings. The summed E-state index contributed by atoms with van der Waals surface area (Å²) in [5.74, 6) is 0.501. The van der Waals surface area contributed by atoms with Crippen molar-refractivity contribution in [1.29, 1.82) is 0 Å². The largest absolute Gasteiger partial charge is 0.391 e. The third kappa shape index (κ3) is 3.46. The Morgan fingerprint density at radius 2 is 2.00 bits per heavy atom. The summed E-state index contributed by atoms with van der Waals surface area (Å²) in [6.07, 6.45) is 1.16. The molecule has 0 spiro atoms. The molecular formula is C12H23NO3. The standard InChI is InChI=1S/C12H23NO3/c1-7(2)6-9-4-5-10(15)11(12(9)16)13-8(3)14/h7,9-12,15-16H,4-6H2,1-3H3,(H,13,14). The number of aliphatic hydroxyl groups excluding tert-OH is 2. The van der Waals surface area contributed by atoms with Crippen LogP contribution in [0.15, 0.2) is 0 Å². The lowest BCUT2D eigenvalue weighted by molar-refractivity contribution is -0.124. The number of nitrogens with one attached hydrogen (secondary N) is 1. The summed E-state index contributed by atoms with van der Waals surface area (Å²) in [6, 6.07) is -0.505. The van der Waals surface area contributed by atoms with Gasteiger partial charge in [0, 0.05) is 6.92 Å². The summed E-state index contributed by atoms with van der Waals surface area (Å²) >= 11 is 0. The minimum absolute atomic E-state index is 0.181. The molecule has 16 heavy (non-hydrogen) atoms. The molecule has 1 rings (SSSR count). The maximum atomic E-state index is 11.0. The molecule has 0 heterocycles. The van der Waals surface area contributed by atoms with E-state index in [1.54, 1.807) is 0 Å². The van der Waals surface area contributed by atoms with E-state index in [0.717, 1.165) is 12.8 Å². The number of carbonyl (C=O) groups is 1. The van der Waals surface area contributed by atoms with Crippen LogP contribution in [0.4, 0.5) is 0 Å². The fourth-order valence-corrected chi connectivity index (χ4v) is 2.54. The van der Waals surface area contributed by atoms with Crippen LogP contribution in [0.2, 0.25) is 0 Å². The molecule has 0 saturated heterocycles. The number of rotatable bonds is 3. The minimum Gasteiger partial charge on any atom is -0.391 e. The van der Waals surface area contributed by atoms with Gasteiger partial charge >= 0.3 is 0 Å². The molecule has 4 heteroatoms. The van der Waals surface area contributed by atoms with E-state index in [1.807, 2.05) is 0 Å². The average Bonchev–Trinajstić information content (AvgIpc) is 2.16. The lowest BCUT2D eigenvalue weighted by Gasteiger charge is -2.39. The summed E-state index contributed by atoms with van der Waals surface area (Å²) < 4.78 is 0. The van der Waals surface area contributed by atoms with E-state index in [0.29, 0.717) is 12.3 Å². The van der Waals surface area contributed by atoms with Crippen LogP contribution in [0.25, 0.3) is 0 Å². The lowest BCUT2D eigenvalue weighted by atomic mass is 9.77. The van der Waals surface area contributed by atoms with Crippen LogP contribution >= 0.6 is 0 Å². The van der Waals surface area contributed by atoms with Gasteiger partial charge in [0.05, 0.1) is 18.2 Å². The lowest BCUT2D eigenvalue weighted by Crippen LogP contribution is -2.55. The zero-order valence-electron chi connectivity index (χ0n) is 10.3. The van der Waals surface area contributed by atoms with Crippen LogP contribution in [0.1, 0.15) is 40.0 Å². The molecule has 3 N–H and O–H groups in total. The van der Waals surface area contributed by atoms with E-state index in [-0.39, 0.29) is 11.8 Å². The van der Waals surface area contributed by atoms with Gasteiger partial charge in [0.25, 0.3) is 0 Å². The zero-order valence-corrected chi connectivity index (χ0v) is 10.3. The van der Waals surface area contributed by atoms with Gasteiger partial charge in [-0.25, -0.2) is 0 Å². The highest BCUT2D eigenvalue weighted by Crippen LogP contribution is 2.30. The van der Waals surface area contributed by atoms with Gasteiger partial charge in [-0.15, -0.1) is 0 Å². The molecule has 0 radical (unpaired) electrons. The first-order chi connectivity index (χ1) is 7.41. The second kappa shape index (κ2) is 5.64. The van der Waals surface area contributed by atoms with E-state index in [4.69, 9.17) is 0 Å². The Labute approximate surface area is 97.0 Å². The molecule has 94 valence electrons. The maximum Gasteiger partial charge on any atom is 0.217 e. The third-order valence-corrected chi connectivity index (χ3v) is 3.24. The number of hydrogen-bond donors (Lipinski definition) is 3. The monoisotopic (exact) mass is 229 g/mol. The van der Waals surface area contributed by atoms with Gasteiger partial charge in [-0.2, -0.15) is 0 Å². The van der Waals surface area contributed by atoms with Crippen LogP contribution in [-0.2, 0) is 4.79 Å². The van der Waals surface area contributed by atoms with Gasteiger partial charge in [-0.3, -0.25) is 4.79 Å². The van der Waals surface area contributed by atoms with Gasteiger partial charge < -0.3 is 15.5 Å². The van der Waals surface area contributed by atoms with E-state index < -0.39 is 18.2 Å². The van der Waals surface area contributed by atoms with Crippen LogP contribution < -0.4 is 5.32 Å². The Bertz CT molecular complexity index is 242. The molecule has 1 aliphatic carbocycles. The fourth-order valence-electron chi connectivity index (χ4n) is 2.54. The van der Waals surface area contributed by atoms with Crippen molar-refractivity contribution in [1.82, 2.24) is 5.32 Å². The second-order valence-electron chi connectivity index (χ2n) is 5.25. The normalized spacial score (nSPS) is 35.1. The molecule has 4 unspecified atom stereocenters. The highest BCUT2D eigenvalue weighted by molar-refractivity contribution is 5.73. The molecule has 1 saturated carbocycles. The number of aliphatic hydroxyl groups is 2. The van der Waals surface area contributed by atoms with Crippen molar-refractivity contribution in [2.45, 2.75) is 58.3 Å². The number of carbonyl (C=O) groups excluding carboxylic acids is 1. The third-order valence-electron chi connectivity index (χ3n) is 3.24. The maximum absolute atomic E-state index is 11.0. The van der Waals surface area contributed by atoms with Gasteiger partial charge in [0.2, 0.25) is 5.91 Å². The average molecular weight is 229 g/mol. The van der Waals surface area contributed by atoms with Gasteiger partial charge in [-0.1, -0.05) is 13.8 Å². The van der Waals surface area contributed by atoms with Gasteiger partial charge in [0.15, 0.2) is 0 Å². The quantitative estimate of drug-likeness (QED) is 0.666. The summed E-state index contributed by atoms with van der Waals surface area (Å²) in [4.78, 5) is 11.0. The molecule has 1 fully saturated rings. The number of amides is 1. The molecular weight excluding hydrogens is 206 g/mol. The molecule has 1 amide bonds. The van der Waals surface area contributed by atoms with Crippen molar-refractivity contribution in [3.05, 3.63) is 0 Å². The van der Waals surface area contributed by atoms with Crippen molar-refractivity contribution < 1.29 is 15.0 Å². The molecule has 4 atom stereocenters. The Hall–Kier alpha value is -0.610. The summed E-state index contributed by atoms with van der Waals surface area (Å²) in [5.41, 5.74) is 0. The Morgan fingerprint density at radius 1 is 1.38 bits per heavy atom. The van der Waals surface area contributed by atoms with Crippen LogP contribution in [0.5, 0.6) is 0 Å². The first kappa shape index (κ1) is 13.5. The molecule has 0 bridgehead atoms. The van der Waals surface area contributed by atoms with Crippen LogP contribution in [0, 0.1) is 11.8 Å². The minimum atomic E-state index is -0.630. The van der Waals surface area contributed by atoms with Crippen molar-refractivity contribution in [3.63, 3.8) is 0 Å². The summed E-state index contributed by atoms with van der Waals surface area (Å²) in [6.45, 7) is 5.64. The SMILES string of the molecule is CC(=O)NC1C(O)CCC(CC(C)C)C1O. The molecule has 0 aromatic rings. The van der Waals surface area contributed by atoms with Crippen molar-refractivity contribution in [3.8, 4) is 0 Å². The van der Waals surface area contributed by atoms with Gasteiger partial charge in [-0.05, 0) is 31.1 Å². The first-order valence-corrected chi connectivity index (χ1v) is 6.05. The second-order valence-corrected chi connectivity index (χ2v) is 5.25. The van der Waals surface area contributed by atoms with E-state index in [1.165, 1.54) is 6.92 Å². The highest BCUT2D eigenvalue weighted by atomic mass is 16.3. The Balaban J connectivity index is 2.62.